The minimum atomic E-state index is -0.0522. The Bertz CT molecular complexity index is 894. The van der Waals surface area contributed by atoms with Gasteiger partial charge in [-0.05, 0) is 55.9 Å². The molecule has 6 heteroatoms. The first-order valence-corrected chi connectivity index (χ1v) is 9.87. The number of likely N-dealkylation sites (tertiary alicyclic amines) is 1. The number of carbonyl (C=O) groups excluding carboxylic acids is 1. The average Bonchev–Trinajstić information content (AvgIpc) is 3.01. The number of carbonyl (C=O) groups is 1. The van der Waals surface area contributed by atoms with Gasteiger partial charge < -0.3 is 9.80 Å². The lowest BCUT2D eigenvalue weighted by Gasteiger charge is -2.40. The molecule has 27 heavy (non-hydrogen) atoms. The number of benzene rings is 1. The first-order valence-electron chi connectivity index (χ1n) is 9.49. The molecule has 2 heterocycles. The maximum atomic E-state index is 13.2. The molecule has 1 fully saturated rings. The predicted octanol–water partition coefficient (Wildman–Crippen LogP) is 3.62. The lowest BCUT2D eigenvalue weighted by Crippen LogP contribution is -2.48. The van der Waals surface area contributed by atoms with Gasteiger partial charge in [0.25, 0.3) is 5.91 Å². The summed E-state index contributed by atoms with van der Waals surface area (Å²) in [5.74, 6) is 0.813. The van der Waals surface area contributed by atoms with Gasteiger partial charge in [0.1, 0.15) is 0 Å². The molecule has 1 atom stereocenters. The molecule has 1 aliphatic carbocycles. The number of fused-ring (bicyclic) bond motifs is 2. The molecule has 4 rings (SSSR count). The van der Waals surface area contributed by atoms with Crippen LogP contribution in [0.15, 0.2) is 24.4 Å². The number of piperidine rings is 1. The molecular formula is C21H25ClN4O. The van der Waals surface area contributed by atoms with Gasteiger partial charge in [0.2, 0.25) is 5.95 Å². The van der Waals surface area contributed by atoms with Crippen molar-refractivity contribution in [1.29, 1.82) is 0 Å². The van der Waals surface area contributed by atoms with Gasteiger partial charge in [0.15, 0.2) is 0 Å². The zero-order chi connectivity index (χ0) is 19.2. The Kier molecular flexibility index (Phi) is 4.58. The van der Waals surface area contributed by atoms with Crippen LogP contribution in [0, 0.1) is 6.92 Å². The molecule has 1 amide bonds. The van der Waals surface area contributed by atoms with E-state index in [1.165, 1.54) is 5.56 Å². The van der Waals surface area contributed by atoms with Gasteiger partial charge >= 0.3 is 0 Å². The lowest BCUT2D eigenvalue weighted by molar-refractivity contribution is 0.0632. The number of halogens is 1. The zero-order valence-electron chi connectivity index (χ0n) is 16.1. The van der Waals surface area contributed by atoms with Crippen LogP contribution in [0.2, 0.25) is 5.02 Å². The number of aryl methyl sites for hydroxylation is 1. The summed E-state index contributed by atoms with van der Waals surface area (Å²) >= 11 is 6.24. The highest BCUT2D eigenvalue weighted by molar-refractivity contribution is 6.31. The van der Waals surface area contributed by atoms with Crippen LogP contribution in [-0.4, -0.2) is 48.0 Å². The van der Waals surface area contributed by atoms with Crippen LogP contribution in [0.4, 0.5) is 5.95 Å². The predicted molar refractivity (Wildman–Crippen MR) is 108 cm³/mol. The van der Waals surface area contributed by atoms with Crippen LogP contribution in [0.1, 0.15) is 46.4 Å². The van der Waals surface area contributed by atoms with Crippen molar-refractivity contribution in [2.24, 2.45) is 0 Å². The van der Waals surface area contributed by atoms with Crippen LogP contribution < -0.4 is 4.90 Å². The van der Waals surface area contributed by atoms with Crippen LogP contribution in [0.5, 0.6) is 0 Å². The number of rotatable bonds is 2. The molecule has 2 aromatic rings. The fourth-order valence-electron chi connectivity index (χ4n) is 4.46. The zero-order valence-corrected chi connectivity index (χ0v) is 16.9. The van der Waals surface area contributed by atoms with Crippen LogP contribution >= 0.6 is 11.6 Å². The second-order valence-corrected chi connectivity index (χ2v) is 8.37. The summed E-state index contributed by atoms with van der Waals surface area (Å²) in [5, 5.41) is 0.641. The molecular weight excluding hydrogens is 360 g/mol. The van der Waals surface area contributed by atoms with Crippen LogP contribution in [0.25, 0.3) is 0 Å². The molecule has 1 aliphatic heterocycles. The number of hydrogen-bond acceptors (Lipinski definition) is 4. The van der Waals surface area contributed by atoms with E-state index in [4.69, 9.17) is 16.6 Å². The van der Waals surface area contributed by atoms with Crippen LogP contribution in [-0.2, 0) is 11.8 Å². The van der Waals surface area contributed by atoms with Crippen molar-refractivity contribution in [3.05, 3.63) is 51.8 Å². The van der Waals surface area contributed by atoms with Gasteiger partial charge in [-0.25, -0.2) is 9.97 Å². The molecule has 1 unspecified atom stereocenters. The Labute approximate surface area is 165 Å². The maximum absolute atomic E-state index is 13.2. The number of anilines is 1. The molecule has 1 aromatic heterocycles. The highest BCUT2D eigenvalue weighted by atomic mass is 35.5. The molecule has 0 N–H and O–H groups in total. The summed E-state index contributed by atoms with van der Waals surface area (Å²) in [4.78, 5) is 26.5. The Hall–Kier alpha value is -2.14. The van der Waals surface area contributed by atoms with E-state index >= 15 is 0 Å². The summed E-state index contributed by atoms with van der Waals surface area (Å²) in [5.41, 5.74) is 3.88. The third-order valence-electron chi connectivity index (χ3n) is 5.99. The summed E-state index contributed by atoms with van der Waals surface area (Å²) in [7, 11) is 3.92. The Balaban J connectivity index is 1.66. The van der Waals surface area contributed by atoms with E-state index in [0.717, 1.165) is 49.4 Å². The number of aromatic nitrogens is 2. The fraction of sp³-hybridized carbons (Fsp3) is 0.476. The monoisotopic (exact) mass is 384 g/mol. The van der Waals surface area contributed by atoms with E-state index in [0.29, 0.717) is 17.1 Å². The molecule has 0 bridgehead atoms. The van der Waals surface area contributed by atoms with Gasteiger partial charge in [-0.15, -0.1) is 0 Å². The molecule has 142 valence electrons. The van der Waals surface area contributed by atoms with E-state index in [1.54, 1.807) is 0 Å². The SMILES string of the molecule is Cc1c(Cl)cccc1C(=O)N1CCCC2(CCc3cnc(N(C)C)nc32)C1. The van der Waals surface area contributed by atoms with Crippen molar-refractivity contribution in [3.63, 3.8) is 0 Å². The van der Waals surface area contributed by atoms with Crippen molar-refractivity contribution in [2.75, 3.05) is 32.1 Å². The normalized spacial score (nSPS) is 21.4. The van der Waals surface area contributed by atoms with Gasteiger partial charge in [-0.2, -0.15) is 0 Å². The Morgan fingerprint density at radius 3 is 2.89 bits per heavy atom. The molecule has 1 aromatic carbocycles. The molecule has 2 aliphatic rings. The highest BCUT2D eigenvalue weighted by Crippen LogP contribution is 2.44. The third-order valence-corrected chi connectivity index (χ3v) is 6.40. The van der Waals surface area contributed by atoms with E-state index in [9.17, 15) is 4.79 Å². The fourth-order valence-corrected chi connectivity index (χ4v) is 4.63. The van der Waals surface area contributed by atoms with Gasteiger partial charge in [-0.1, -0.05) is 17.7 Å². The molecule has 0 radical (unpaired) electrons. The Morgan fingerprint density at radius 2 is 2.11 bits per heavy atom. The molecule has 0 saturated carbocycles. The van der Waals surface area contributed by atoms with Gasteiger partial charge in [0, 0.05) is 49.4 Å². The first kappa shape index (κ1) is 18.2. The minimum absolute atomic E-state index is 0.0522. The smallest absolute Gasteiger partial charge is 0.254 e. The van der Waals surface area contributed by atoms with Gasteiger partial charge in [-0.3, -0.25) is 4.79 Å². The first-order chi connectivity index (χ1) is 12.9. The third kappa shape index (κ3) is 3.08. The van der Waals surface area contributed by atoms with E-state index in [1.807, 2.05) is 55.2 Å². The van der Waals surface area contributed by atoms with E-state index < -0.39 is 0 Å². The van der Waals surface area contributed by atoms with E-state index in [-0.39, 0.29) is 11.3 Å². The maximum Gasteiger partial charge on any atom is 0.254 e. The van der Waals surface area contributed by atoms with Crippen molar-refractivity contribution in [3.8, 4) is 0 Å². The van der Waals surface area contributed by atoms with Gasteiger partial charge in [0.05, 0.1) is 5.69 Å². The second-order valence-electron chi connectivity index (χ2n) is 7.96. The average molecular weight is 385 g/mol. The van der Waals surface area contributed by atoms with Crippen molar-refractivity contribution in [1.82, 2.24) is 14.9 Å². The van der Waals surface area contributed by atoms with Crippen molar-refractivity contribution < 1.29 is 4.79 Å². The van der Waals surface area contributed by atoms with E-state index in [2.05, 4.69) is 4.98 Å². The number of nitrogens with zero attached hydrogens (tertiary/aromatic N) is 4. The van der Waals surface area contributed by atoms with Crippen molar-refractivity contribution >= 4 is 23.5 Å². The van der Waals surface area contributed by atoms with Crippen molar-refractivity contribution in [2.45, 2.75) is 38.0 Å². The summed E-state index contributed by atoms with van der Waals surface area (Å²) < 4.78 is 0. The number of amides is 1. The second kappa shape index (κ2) is 6.79. The summed E-state index contributed by atoms with van der Waals surface area (Å²) in [6, 6.07) is 5.56. The topological polar surface area (TPSA) is 49.3 Å². The minimum Gasteiger partial charge on any atom is -0.347 e. The number of hydrogen-bond donors (Lipinski definition) is 0. The Morgan fingerprint density at radius 1 is 1.30 bits per heavy atom. The standard InChI is InChI=1S/C21H25ClN4O/c1-14-16(6-4-7-17(14)22)19(27)26-11-5-9-21(13-26)10-8-15-12-23-20(25(2)3)24-18(15)21/h4,6-7,12H,5,8-11,13H2,1-3H3. The molecule has 5 nitrogen and oxygen atoms in total. The summed E-state index contributed by atoms with van der Waals surface area (Å²) in [6.45, 7) is 3.42. The van der Waals surface area contributed by atoms with Crippen LogP contribution in [0.3, 0.4) is 0 Å². The summed E-state index contributed by atoms with van der Waals surface area (Å²) in [6.07, 6.45) is 6.05. The molecule has 1 saturated heterocycles. The largest absolute Gasteiger partial charge is 0.347 e. The molecule has 1 spiro atoms. The quantitative estimate of drug-likeness (QED) is 0.793. The highest BCUT2D eigenvalue weighted by Gasteiger charge is 2.45. The lowest BCUT2D eigenvalue weighted by atomic mass is 9.77.